The molecular formula is C11H11F3O2. The average molecular weight is 232 g/mol. The molecule has 0 saturated heterocycles. The van der Waals surface area contributed by atoms with Gasteiger partial charge in [0.1, 0.15) is 12.0 Å². The van der Waals surface area contributed by atoms with Crippen molar-refractivity contribution in [3.8, 4) is 5.75 Å². The summed E-state index contributed by atoms with van der Waals surface area (Å²) in [6, 6.07) is 2.69. The molecule has 0 heterocycles. The number of hydrogen-bond acceptors (Lipinski definition) is 2. The van der Waals surface area contributed by atoms with Crippen molar-refractivity contribution in [2.75, 3.05) is 0 Å². The lowest BCUT2D eigenvalue weighted by Crippen LogP contribution is -2.06. The van der Waals surface area contributed by atoms with Crippen molar-refractivity contribution in [3.63, 3.8) is 0 Å². The third kappa shape index (κ3) is 2.74. The van der Waals surface area contributed by atoms with Crippen molar-refractivity contribution in [1.29, 1.82) is 0 Å². The maximum atomic E-state index is 12.4. The molecule has 1 N–H and O–H groups in total. The first-order valence-electron chi connectivity index (χ1n) is 4.70. The second kappa shape index (κ2) is 4.55. The molecule has 1 aromatic carbocycles. The fourth-order valence-electron chi connectivity index (χ4n) is 1.40. The molecule has 0 saturated carbocycles. The minimum atomic E-state index is -4.44. The first-order valence-corrected chi connectivity index (χ1v) is 4.70. The number of aldehydes is 1. The fraction of sp³-hybridized carbons (Fsp3) is 0.364. The Hall–Kier alpha value is -1.52. The van der Waals surface area contributed by atoms with E-state index in [2.05, 4.69) is 0 Å². The number of hydrogen-bond donors (Lipinski definition) is 1. The summed E-state index contributed by atoms with van der Waals surface area (Å²) in [4.78, 5) is 10.3. The van der Waals surface area contributed by atoms with Crippen LogP contribution in [0.15, 0.2) is 18.2 Å². The van der Waals surface area contributed by atoms with Crippen LogP contribution >= 0.6 is 0 Å². The van der Waals surface area contributed by atoms with E-state index >= 15 is 0 Å². The number of carbonyl (C=O) groups is 1. The van der Waals surface area contributed by atoms with Crippen molar-refractivity contribution < 1.29 is 23.1 Å². The number of aromatic hydroxyl groups is 1. The molecule has 0 bridgehead atoms. The molecular weight excluding hydrogens is 221 g/mol. The zero-order chi connectivity index (χ0) is 12.3. The summed E-state index contributed by atoms with van der Waals surface area (Å²) in [6.45, 7) is 1.59. The molecule has 1 rings (SSSR count). The van der Waals surface area contributed by atoms with Gasteiger partial charge in [-0.3, -0.25) is 0 Å². The molecule has 0 aliphatic carbocycles. The van der Waals surface area contributed by atoms with Gasteiger partial charge in [0.25, 0.3) is 0 Å². The van der Waals surface area contributed by atoms with Crippen LogP contribution in [-0.2, 0) is 11.0 Å². The summed E-state index contributed by atoms with van der Waals surface area (Å²) in [5, 5.41) is 9.41. The number of benzene rings is 1. The quantitative estimate of drug-likeness (QED) is 0.813. The van der Waals surface area contributed by atoms with E-state index in [0.717, 1.165) is 18.2 Å². The molecule has 0 aliphatic rings. The van der Waals surface area contributed by atoms with Crippen LogP contribution in [0, 0.1) is 0 Å². The van der Waals surface area contributed by atoms with E-state index in [-0.39, 0.29) is 17.7 Å². The first-order chi connectivity index (χ1) is 7.36. The van der Waals surface area contributed by atoms with Crippen LogP contribution in [0.2, 0.25) is 0 Å². The average Bonchev–Trinajstić information content (AvgIpc) is 2.16. The van der Waals surface area contributed by atoms with E-state index in [1.54, 1.807) is 6.92 Å². The van der Waals surface area contributed by atoms with Gasteiger partial charge < -0.3 is 9.90 Å². The summed E-state index contributed by atoms with van der Waals surface area (Å²) in [6.07, 6.45) is -3.75. The van der Waals surface area contributed by atoms with Gasteiger partial charge in [-0.05, 0) is 29.7 Å². The topological polar surface area (TPSA) is 37.3 Å². The maximum absolute atomic E-state index is 12.4. The first kappa shape index (κ1) is 12.5. The van der Waals surface area contributed by atoms with E-state index in [9.17, 15) is 23.1 Å². The summed E-state index contributed by atoms with van der Waals surface area (Å²) < 4.78 is 37.2. The normalized spacial score (nSPS) is 13.5. The fourth-order valence-corrected chi connectivity index (χ4v) is 1.40. The molecule has 1 aromatic rings. The van der Waals surface area contributed by atoms with Gasteiger partial charge in [0, 0.05) is 6.42 Å². The largest absolute Gasteiger partial charge is 0.508 e. The molecule has 2 nitrogen and oxygen atoms in total. The number of halogens is 3. The maximum Gasteiger partial charge on any atom is 0.416 e. The Balaban J connectivity index is 3.13. The number of alkyl halides is 3. The lowest BCUT2D eigenvalue weighted by atomic mass is 9.95. The number of phenols is 1. The van der Waals surface area contributed by atoms with E-state index in [0.29, 0.717) is 6.29 Å². The number of carbonyl (C=O) groups excluding carboxylic acids is 1. The van der Waals surface area contributed by atoms with Gasteiger partial charge in [-0.2, -0.15) is 13.2 Å². The highest BCUT2D eigenvalue weighted by Gasteiger charge is 2.31. The van der Waals surface area contributed by atoms with Gasteiger partial charge in [0.15, 0.2) is 0 Å². The lowest BCUT2D eigenvalue weighted by molar-refractivity contribution is -0.137. The highest BCUT2D eigenvalue weighted by Crippen LogP contribution is 2.35. The van der Waals surface area contributed by atoms with Crippen LogP contribution in [-0.4, -0.2) is 11.4 Å². The molecule has 0 spiro atoms. The minimum Gasteiger partial charge on any atom is -0.508 e. The highest BCUT2D eigenvalue weighted by molar-refractivity contribution is 5.53. The monoisotopic (exact) mass is 232 g/mol. The second-order valence-corrected chi connectivity index (χ2v) is 3.57. The van der Waals surface area contributed by atoms with E-state index in [1.165, 1.54) is 0 Å². The van der Waals surface area contributed by atoms with E-state index < -0.39 is 17.7 Å². The minimum absolute atomic E-state index is 0.0782. The Morgan fingerprint density at radius 1 is 1.44 bits per heavy atom. The van der Waals surface area contributed by atoms with Gasteiger partial charge in [-0.15, -0.1) is 0 Å². The van der Waals surface area contributed by atoms with Gasteiger partial charge in [-0.1, -0.05) is 6.92 Å². The van der Waals surface area contributed by atoms with Crippen molar-refractivity contribution >= 4 is 6.29 Å². The Bertz CT molecular complexity index is 385. The van der Waals surface area contributed by atoms with E-state index in [4.69, 9.17) is 0 Å². The second-order valence-electron chi connectivity index (χ2n) is 3.57. The van der Waals surface area contributed by atoms with E-state index in [1.807, 2.05) is 0 Å². The Morgan fingerprint density at radius 3 is 2.56 bits per heavy atom. The van der Waals surface area contributed by atoms with Crippen LogP contribution in [0.1, 0.15) is 30.4 Å². The molecule has 16 heavy (non-hydrogen) atoms. The summed E-state index contributed by atoms with van der Waals surface area (Å²) in [5.74, 6) is -0.651. The van der Waals surface area contributed by atoms with Gasteiger partial charge in [0.05, 0.1) is 5.56 Å². The van der Waals surface area contributed by atoms with Crippen LogP contribution in [0.4, 0.5) is 13.2 Å². The third-order valence-corrected chi connectivity index (χ3v) is 2.34. The van der Waals surface area contributed by atoms with Crippen LogP contribution in [0.25, 0.3) is 0 Å². The van der Waals surface area contributed by atoms with Crippen molar-refractivity contribution in [2.24, 2.45) is 0 Å². The number of phenolic OH excluding ortho intramolecular Hbond substituents is 1. The molecule has 1 atom stereocenters. The van der Waals surface area contributed by atoms with Crippen molar-refractivity contribution in [2.45, 2.75) is 25.4 Å². The zero-order valence-electron chi connectivity index (χ0n) is 8.58. The van der Waals surface area contributed by atoms with Gasteiger partial charge in [-0.25, -0.2) is 0 Å². The van der Waals surface area contributed by atoms with Crippen LogP contribution in [0.3, 0.4) is 0 Å². The molecule has 0 radical (unpaired) electrons. The molecule has 0 aliphatic heterocycles. The molecule has 5 heteroatoms. The Kier molecular flexibility index (Phi) is 3.57. The summed E-state index contributed by atoms with van der Waals surface area (Å²) in [5.41, 5.74) is -0.681. The molecule has 0 aromatic heterocycles. The zero-order valence-corrected chi connectivity index (χ0v) is 8.58. The van der Waals surface area contributed by atoms with Crippen molar-refractivity contribution in [1.82, 2.24) is 0 Å². The number of rotatable bonds is 3. The smallest absolute Gasteiger partial charge is 0.416 e. The van der Waals surface area contributed by atoms with Crippen molar-refractivity contribution in [3.05, 3.63) is 29.3 Å². The molecule has 0 fully saturated rings. The molecule has 88 valence electrons. The predicted molar refractivity (Wildman–Crippen MR) is 52.2 cm³/mol. The molecule has 1 unspecified atom stereocenters. The van der Waals surface area contributed by atoms with Crippen LogP contribution in [0.5, 0.6) is 5.75 Å². The predicted octanol–water partition coefficient (Wildman–Crippen LogP) is 3.10. The highest BCUT2D eigenvalue weighted by atomic mass is 19.4. The Labute approximate surface area is 90.7 Å². The summed E-state index contributed by atoms with van der Waals surface area (Å²) in [7, 11) is 0. The third-order valence-electron chi connectivity index (χ3n) is 2.34. The standard InChI is InChI=1S/C11H11F3O2/c1-7(4-5-15)9-6-8(11(12,13)14)2-3-10(9)16/h2-3,5-7,16H,4H2,1H3. The summed E-state index contributed by atoms with van der Waals surface area (Å²) >= 11 is 0. The Morgan fingerprint density at radius 2 is 2.06 bits per heavy atom. The van der Waals surface area contributed by atoms with Crippen LogP contribution < -0.4 is 0 Å². The lowest BCUT2D eigenvalue weighted by Gasteiger charge is -2.14. The molecule has 0 amide bonds. The SMILES string of the molecule is CC(CC=O)c1cc(C(F)(F)F)ccc1O. The van der Waals surface area contributed by atoms with Gasteiger partial charge in [0.2, 0.25) is 0 Å². The van der Waals surface area contributed by atoms with Gasteiger partial charge >= 0.3 is 6.18 Å².